The predicted octanol–water partition coefficient (Wildman–Crippen LogP) is 8.30. The first kappa shape index (κ1) is 23.9. The Morgan fingerprint density at radius 2 is 1.81 bits per heavy atom. The first-order chi connectivity index (χ1) is 15.6. The van der Waals surface area contributed by atoms with Crippen molar-refractivity contribution in [1.82, 2.24) is 0 Å². The minimum atomic E-state index is -0.540. The summed E-state index contributed by atoms with van der Waals surface area (Å²) in [6, 6.07) is 2.06. The number of benzene rings is 1. The molecule has 5 atom stereocenters. The zero-order valence-corrected chi connectivity index (χ0v) is 20.0. The molecule has 1 aromatic carbocycles. The lowest BCUT2D eigenvalue weighted by Crippen LogP contribution is -2.34. The van der Waals surface area contributed by atoms with E-state index in [2.05, 4.69) is 19.6 Å². The Hall–Kier alpha value is -1.22. The second kappa shape index (κ2) is 11.3. The van der Waals surface area contributed by atoms with Crippen LogP contribution in [0.25, 0.3) is 0 Å². The van der Waals surface area contributed by atoms with Crippen LogP contribution in [0.15, 0.2) is 18.7 Å². The number of hydrogen-bond donors (Lipinski definition) is 0. The van der Waals surface area contributed by atoms with Crippen molar-refractivity contribution in [3.8, 4) is 0 Å². The van der Waals surface area contributed by atoms with Gasteiger partial charge in [0.2, 0.25) is 0 Å². The number of halogens is 2. The van der Waals surface area contributed by atoms with Gasteiger partial charge in [-0.3, -0.25) is 0 Å². The lowest BCUT2D eigenvalue weighted by atomic mass is 9.65. The topological polar surface area (TPSA) is 9.23 Å². The van der Waals surface area contributed by atoms with Gasteiger partial charge < -0.3 is 4.74 Å². The molecule has 3 aliphatic rings. The van der Waals surface area contributed by atoms with Gasteiger partial charge in [0.1, 0.15) is 0 Å². The fraction of sp³-hybridized carbons (Fsp3) is 0.724. The molecule has 1 aromatic rings. The van der Waals surface area contributed by atoms with Gasteiger partial charge in [-0.2, -0.15) is 0 Å². The average molecular weight is 445 g/mol. The molecule has 32 heavy (non-hydrogen) atoms. The van der Waals surface area contributed by atoms with E-state index in [0.717, 1.165) is 69.8 Å². The highest BCUT2D eigenvalue weighted by molar-refractivity contribution is 5.38. The van der Waals surface area contributed by atoms with Crippen LogP contribution < -0.4 is 0 Å². The standard InChI is InChI=1S/C29H42F2O/c1-3-5-6-7-8-20-9-10-24-19-27(29(31)28(30)26(24)16-20)23-12-11-22-18-25(32-15-4-2)14-13-21(22)17-23/h4,19-23,25H,2-3,5-18H2,1H3. The van der Waals surface area contributed by atoms with Crippen LogP contribution >= 0.6 is 0 Å². The molecule has 5 unspecified atom stereocenters. The summed E-state index contributed by atoms with van der Waals surface area (Å²) >= 11 is 0. The van der Waals surface area contributed by atoms with Crippen molar-refractivity contribution in [3.05, 3.63) is 47.0 Å². The summed E-state index contributed by atoms with van der Waals surface area (Å²) in [4.78, 5) is 0. The molecule has 4 rings (SSSR count). The summed E-state index contributed by atoms with van der Waals surface area (Å²) in [5, 5.41) is 0. The van der Waals surface area contributed by atoms with E-state index in [1.165, 1.54) is 25.7 Å². The van der Waals surface area contributed by atoms with Gasteiger partial charge in [0.15, 0.2) is 11.6 Å². The van der Waals surface area contributed by atoms with Crippen molar-refractivity contribution >= 4 is 0 Å². The quantitative estimate of drug-likeness (QED) is 0.275. The number of fused-ring (bicyclic) bond motifs is 2. The molecule has 3 aliphatic carbocycles. The van der Waals surface area contributed by atoms with Crippen molar-refractivity contribution in [2.24, 2.45) is 17.8 Å². The highest BCUT2D eigenvalue weighted by Gasteiger charge is 2.38. The molecule has 178 valence electrons. The van der Waals surface area contributed by atoms with Crippen LogP contribution in [0.1, 0.15) is 107 Å². The van der Waals surface area contributed by atoms with Gasteiger partial charge >= 0.3 is 0 Å². The number of ether oxygens (including phenoxy) is 1. The highest BCUT2D eigenvalue weighted by atomic mass is 19.2. The number of unbranched alkanes of at least 4 members (excludes halogenated alkanes) is 3. The normalized spacial score (nSPS) is 29.9. The summed E-state index contributed by atoms with van der Waals surface area (Å²) in [6.45, 7) is 6.60. The number of rotatable bonds is 9. The molecule has 2 fully saturated rings. The molecule has 0 amide bonds. The van der Waals surface area contributed by atoms with E-state index >= 15 is 8.78 Å². The van der Waals surface area contributed by atoms with Crippen molar-refractivity contribution < 1.29 is 13.5 Å². The molecule has 0 saturated heterocycles. The van der Waals surface area contributed by atoms with E-state index in [0.29, 0.717) is 41.6 Å². The molecule has 0 radical (unpaired) electrons. The van der Waals surface area contributed by atoms with E-state index in [1.807, 2.05) is 6.08 Å². The maximum Gasteiger partial charge on any atom is 0.162 e. The highest BCUT2D eigenvalue weighted by Crippen LogP contribution is 2.48. The Morgan fingerprint density at radius 1 is 1.00 bits per heavy atom. The summed E-state index contributed by atoms with van der Waals surface area (Å²) in [6.07, 6.45) is 17.6. The average Bonchev–Trinajstić information content (AvgIpc) is 2.82. The van der Waals surface area contributed by atoms with Gasteiger partial charge in [-0.25, -0.2) is 8.78 Å². The summed E-state index contributed by atoms with van der Waals surface area (Å²) in [5.41, 5.74) is 2.45. The van der Waals surface area contributed by atoms with Gasteiger partial charge in [0.05, 0.1) is 12.7 Å². The SMILES string of the molecule is C=CCOC1CCC2CC(c3cc4c(c(F)c3F)CC(CCCCCC)CC4)CCC2C1. The largest absolute Gasteiger partial charge is 0.374 e. The monoisotopic (exact) mass is 444 g/mol. The van der Waals surface area contributed by atoms with E-state index in [9.17, 15) is 0 Å². The smallest absolute Gasteiger partial charge is 0.162 e. The van der Waals surface area contributed by atoms with E-state index in [-0.39, 0.29) is 5.92 Å². The number of aryl methyl sites for hydroxylation is 1. The zero-order chi connectivity index (χ0) is 22.5. The Balaban J connectivity index is 1.39. The second-order valence-corrected chi connectivity index (χ2v) is 10.8. The molecule has 2 saturated carbocycles. The summed E-state index contributed by atoms with van der Waals surface area (Å²) in [7, 11) is 0. The van der Waals surface area contributed by atoms with Gasteiger partial charge in [-0.05, 0) is 98.1 Å². The molecule has 1 nitrogen and oxygen atoms in total. The van der Waals surface area contributed by atoms with Crippen molar-refractivity contribution in [2.45, 2.75) is 109 Å². The Labute approximate surface area is 194 Å². The zero-order valence-electron chi connectivity index (χ0n) is 20.0. The molecule has 0 heterocycles. The Morgan fingerprint density at radius 3 is 2.62 bits per heavy atom. The summed E-state index contributed by atoms with van der Waals surface area (Å²) in [5.74, 6) is 0.930. The van der Waals surface area contributed by atoms with Crippen LogP contribution in [0.2, 0.25) is 0 Å². The fourth-order valence-corrected chi connectivity index (χ4v) is 6.82. The Bertz CT molecular complexity index is 773. The minimum Gasteiger partial charge on any atom is -0.374 e. The van der Waals surface area contributed by atoms with Crippen LogP contribution in [0.4, 0.5) is 8.78 Å². The van der Waals surface area contributed by atoms with Crippen molar-refractivity contribution in [3.63, 3.8) is 0 Å². The van der Waals surface area contributed by atoms with Crippen molar-refractivity contribution in [2.75, 3.05) is 6.61 Å². The van der Waals surface area contributed by atoms with Gasteiger partial charge in [-0.15, -0.1) is 6.58 Å². The number of hydrogen-bond acceptors (Lipinski definition) is 1. The third-order valence-electron chi connectivity index (χ3n) is 8.66. The molecule has 0 N–H and O–H groups in total. The van der Waals surface area contributed by atoms with Crippen LogP contribution in [0, 0.1) is 29.4 Å². The molecule has 0 bridgehead atoms. The lowest BCUT2D eigenvalue weighted by Gasteiger charge is -2.42. The maximum atomic E-state index is 15.3. The van der Waals surface area contributed by atoms with Gasteiger partial charge in [-0.1, -0.05) is 51.2 Å². The molecule has 0 aromatic heterocycles. The van der Waals surface area contributed by atoms with Crippen molar-refractivity contribution in [1.29, 1.82) is 0 Å². The molecule has 0 aliphatic heterocycles. The van der Waals surface area contributed by atoms with Crippen LogP contribution in [-0.2, 0) is 17.6 Å². The third-order valence-corrected chi connectivity index (χ3v) is 8.66. The molecule has 0 spiro atoms. The van der Waals surface area contributed by atoms with Crippen LogP contribution in [0.3, 0.4) is 0 Å². The maximum absolute atomic E-state index is 15.3. The minimum absolute atomic E-state index is 0.175. The second-order valence-electron chi connectivity index (χ2n) is 10.8. The van der Waals surface area contributed by atoms with E-state index in [4.69, 9.17) is 4.74 Å². The molecular weight excluding hydrogens is 402 g/mol. The fourth-order valence-electron chi connectivity index (χ4n) is 6.82. The van der Waals surface area contributed by atoms with E-state index in [1.54, 1.807) is 0 Å². The Kier molecular flexibility index (Phi) is 8.43. The molecular formula is C29H42F2O. The van der Waals surface area contributed by atoms with Crippen LogP contribution in [-0.4, -0.2) is 12.7 Å². The lowest BCUT2D eigenvalue weighted by molar-refractivity contribution is -0.00327. The first-order valence-corrected chi connectivity index (χ1v) is 13.3. The van der Waals surface area contributed by atoms with Gasteiger partial charge in [0.25, 0.3) is 0 Å². The van der Waals surface area contributed by atoms with Gasteiger partial charge in [0, 0.05) is 0 Å². The molecule has 3 heteroatoms. The predicted molar refractivity (Wildman–Crippen MR) is 128 cm³/mol. The third kappa shape index (κ3) is 5.46. The van der Waals surface area contributed by atoms with Crippen LogP contribution in [0.5, 0.6) is 0 Å². The van der Waals surface area contributed by atoms with E-state index < -0.39 is 11.6 Å². The summed E-state index contributed by atoms with van der Waals surface area (Å²) < 4.78 is 36.4. The first-order valence-electron chi connectivity index (χ1n) is 13.3.